The molecule has 0 aromatic heterocycles. The van der Waals surface area contributed by atoms with Crippen molar-refractivity contribution in [2.24, 2.45) is 5.10 Å². The molecule has 0 saturated heterocycles. The molecule has 1 aliphatic rings. The van der Waals surface area contributed by atoms with E-state index in [1.165, 1.54) is 29.3 Å². The average Bonchev–Trinajstić information content (AvgIpc) is 3.06. The number of nitrogens with zero attached hydrogens (tertiary/aromatic N) is 2. The minimum atomic E-state index is -4.63. The van der Waals surface area contributed by atoms with Crippen LogP contribution in [0.2, 0.25) is 10.0 Å². The molecule has 2 aromatic rings. The Morgan fingerprint density at radius 3 is 2.23 bits per heavy atom. The zero-order chi connectivity index (χ0) is 23.2. The van der Waals surface area contributed by atoms with Crippen LogP contribution in [0.15, 0.2) is 41.5 Å². The van der Waals surface area contributed by atoms with Crippen LogP contribution in [0, 0.1) is 6.92 Å². The summed E-state index contributed by atoms with van der Waals surface area (Å²) in [6.07, 6.45) is -3.77. The molecule has 0 bridgehead atoms. The van der Waals surface area contributed by atoms with E-state index in [4.69, 9.17) is 27.9 Å². The molecular formula is C22H21Cl2F3N2O2. The maximum absolute atomic E-state index is 14.2. The largest absolute Gasteiger partial charge is 0.456 e. The van der Waals surface area contributed by atoms with Gasteiger partial charge in [0.05, 0.1) is 17.8 Å². The van der Waals surface area contributed by atoms with Crippen molar-refractivity contribution in [1.29, 1.82) is 0 Å². The van der Waals surface area contributed by atoms with Crippen molar-refractivity contribution in [2.45, 2.75) is 44.9 Å². The lowest BCUT2D eigenvalue weighted by molar-refractivity contribution is -0.164. The SMILES string of the molecule is Cc1cc(N2CC(c3cc(Cl)cc(Cl)c3)(C(F)(F)F)C=N2)ccc1C(=O)OC(C)(C)C. The lowest BCUT2D eigenvalue weighted by Gasteiger charge is -2.31. The van der Waals surface area contributed by atoms with Crippen molar-refractivity contribution < 1.29 is 22.7 Å². The molecule has 166 valence electrons. The Labute approximate surface area is 188 Å². The zero-order valence-corrected chi connectivity index (χ0v) is 18.9. The first-order valence-electron chi connectivity index (χ1n) is 9.42. The minimum absolute atomic E-state index is 0.0918. The maximum atomic E-state index is 14.2. The third-order valence-electron chi connectivity index (χ3n) is 4.83. The molecule has 1 aliphatic heterocycles. The van der Waals surface area contributed by atoms with Gasteiger partial charge in [0.2, 0.25) is 0 Å². The highest BCUT2D eigenvalue weighted by Gasteiger charge is 2.58. The lowest BCUT2D eigenvalue weighted by Crippen LogP contribution is -2.47. The first kappa shape index (κ1) is 23.4. The van der Waals surface area contributed by atoms with Gasteiger partial charge in [-0.3, -0.25) is 5.01 Å². The third kappa shape index (κ3) is 4.83. The smallest absolute Gasteiger partial charge is 0.405 e. The fourth-order valence-corrected chi connectivity index (χ4v) is 3.84. The fraction of sp³-hybridized carbons (Fsp3) is 0.364. The summed E-state index contributed by atoms with van der Waals surface area (Å²) in [6.45, 7) is 6.47. The van der Waals surface area contributed by atoms with E-state index >= 15 is 0 Å². The van der Waals surface area contributed by atoms with E-state index < -0.39 is 29.7 Å². The summed E-state index contributed by atoms with van der Waals surface area (Å²) < 4.78 is 48.0. The molecule has 0 spiro atoms. The number of alkyl halides is 3. The van der Waals surface area contributed by atoms with Gasteiger partial charge in [-0.15, -0.1) is 0 Å². The van der Waals surface area contributed by atoms with Gasteiger partial charge < -0.3 is 4.74 Å². The monoisotopic (exact) mass is 472 g/mol. The van der Waals surface area contributed by atoms with Crippen molar-refractivity contribution in [2.75, 3.05) is 11.6 Å². The summed E-state index contributed by atoms with van der Waals surface area (Å²) >= 11 is 11.9. The molecule has 0 fully saturated rings. The van der Waals surface area contributed by atoms with Crippen LogP contribution in [0.3, 0.4) is 0 Å². The van der Waals surface area contributed by atoms with Gasteiger partial charge in [-0.05, 0) is 75.2 Å². The van der Waals surface area contributed by atoms with E-state index in [9.17, 15) is 18.0 Å². The number of carbonyl (C=O) groups is 1. The Morgan fingerprint density at radius 1 is 1.10 bits per heavy atom. The molecule has 1 unspecified atom stereocenters. The summed E-state index contributed by atoms with van der Waals surface area (Å²) in [4.78, 5) is 12.4. The van der Waals surface area contributed by atoms with Crippen molar-refractivity contribution in [3.05, 3.63) is 63.1 Å². The van der Waals surface area contributed by atoms with Crippen molar-refractivity contribution >= 4 is 41.1 Å². The van der Waals surface area contributed by atoms with Crippen LogP contribution in [0.5, 0.6) is 0 Å². The van der Waals surface area contributed by atoms with Gasteiger partial charge in [0, 0.05) is 16.3 Å². The molecule has 2 aromatic carbocycles. The maximum Gasteiger partial charge on any atom is 0.405 e. The first-order chi connectivity index (χ1) is 14.2. The number of halogens is 5. The number of esters is 1. The van der Waals surface area contributed by atoms with Crippen molar-refractivity contribution in [3.63, 3.8) is 0 Å². The Bertz CT molecular complexity index is 1030. The van der Waals surface area contributed by atoms with Gasteiger partial charge in [0.15, 0.2) is 0 Å². The Balaban J connectivity index is 1.94. The topological polar surface area (TPSA) is 41.9 Å². The summed E-state index contributed by atoms with van der Waals surface area (Å²) in [5.74, 6) is -0.500. The molecule has 0 N–H and O–H groups in total. The standard InChI is InChI=1S/C22H21Cl2F3N2O2/c1-13-7-17(5-6-18(13)19(30)31-20(2,3)4)29-12-21(11-28-29,22(25,26)27)14-8-15(23)10-16(24)9-14/h5-11H,12H2,1-4H3. The van der Waals surface area contributed by atoms with E-state index in [0.29, 0.717) is 16.8 Å². The predicted octanol–water partition coefficient (Wildman–Crippen LogP) is 6.56. The lowest BCUT2D eigenvalue weighted by atomic mass is 9.81. The van der Waals surface area contributed by atoms with E-state index in [-0.39, 0.29) is 15.6 Å². The second kappa shape index (κ2) is 8.02. The van der Waals surface area contributed by atoms with Gasteiger partial charge in [-0.2, -0.15) is 18.3 Å². The molecule has 9 heteroatoms. The first-order valence-corrected chi connectivity index (χ1v) is 10.2. The Kier molecular flexibility index (Phi) is 6.06. The fourth-order valence-electron chi connectivity index (χ4n) is 3.32. The second-order valence-corrected chi connectivity index (χ2v) is 9.30. The number of aryl methyl sites for hydroxylation is 1. The molecule has 0 saturated carbocycles. The minimum Gasteiger partial charge on any atom is -0.456 e. The van der Waals surface area contributed by atoms with Gasteiger partial charge >= 0.3 is 12.1 Å². The van der Waals surface area contributed by atoms with Gasteiger partial charge in [-0.25, -0.2) is 4.79 Å². The number of hydrazone groups is 1. The average molecular weight is 473 g/mol. The predicted molar refractivity (Wildman–Crippen MR) is 116 cm³/mol. The van der Waals surface area contributed by atoms with E-state index in [0.717, 1.165) is 6.21 Å². The van der Waals surface area contributed by atoms with Crippen LogP contribution in [0.25, 0.3) is 0 Å². The normalized spacial score (nSPS) is 19.1. The molecule has 0 radical (unpaired) electrons. The number of hydrogen-bond donors (Lipinski definition) is 0. The summed E-state index contributed by atoms with van der Waals surface area (Å²) in [5.41, 5.74) is -1.81. The highest BCUT2D eigenvalue weighted by Crippen LogP contribution is 2.45. The van der Waals surface area contributed by atoms with Crippen LogP contribution in [-0.4, -0.2) is 30.5 Å². The second-order valence-electron chi connectivity index (χ2n) is 8.43. The molecule has 31 heavy (non-hydrogen) atoms. The van der Waals surface area contributed by atoms with Crippen molar-refractivity contribution in [3.8, 4) is 0 Å². The summed E-state index contributed by atoms with van der Waals surface area (Å²) in [5, 5.41) is 5.48. The third-order valence-corrected chi connectivity index (χ3v) is 5.26. The van der Waals surface area contributed by atoms with Gasteiger partial charge in [0.1, 0.15) is 11.0 Å². The molecule has 0 amide bonds. The van der Waals surface area contributed by atoms with Crippen LogP contribution >= 0.6 is 23.2 Å². The highest BCUT2D eigenvalue weighted by atomic mass is 35.5. The number of carbonyl (C=O) groups excluding carboxylic acids is 1. The van der Waals surface area contributed by atoms with Gasteiger partial charge in [0.25, 0.3) is 0 Å². The van der Waals surface area contributed by atoms with E-state index in [2.05, 4.69) is 5.10 Å². The molecule has 3 rings (SSSR count). The Hall–Kier alpha value is -2.25. The molecule has 1 heterocycles. The van der Waals surface area contributed by atoms with Crippen molar-refractivity contribution in [1.82, 2.24) is 0 Å². The molecular weight excluding hydrogens is 452 g/mol. The highest BCUT2D eigenvalue weighted by molar-refractivity contribution is 6.34. The summed E-state index contributed by atoms with van der Waals surface area (Å²) in [6, 6.07) is 8.53. The summed E-state index contributed by atoms with van der Waals surface area (Å²) in [7, 11) is 0. The van der Waals surface area contributed by atoms with Crippen LogP contribution in [0.4, 0.5) is 18.9 Å². The Morgan fingerprint density at radius 2 is 1.71 bits per heavy atom. The van der Waals surface area contributed by atoms with Gasteiger partial charge in [-0.1, -0.05) is 23.2 Å². The van der Waals surface area contributed by atoms with E-state index in [1.54, 1.807) is 39.8 Å². The quantitative estimate of drug-likeness (QED) is 0.474. The number of rotatable bonds is 3. The number of anilines is 1. The van der Waals surface area contributed by atoms with Crippen LogP contribution < -0.4 is 5.01 Å². The van der Waals surface area contributed by atoms with Crippen LogP contribution in [0.1, 0.15) is 42.3 Å². The number of ether oxygens (including phenoxy) is 1. The molecule has 4 nitrogen and oxygen atoms in total. The molecule has 0 aliphatic carbocycles. The van der Waals surface area contributed by atoms with Crippen LogP contribution in [-0.2, 0) is 10.2 Å². The number of benzene rings is 2. The van der Waals surface area contributed by atoms with E-state index in [1.807, 2.05) is 0 Å². The zero-order valence-electron chi connectivity index (χ0n) is 17.3. The molecule has 1 atom stereocenters. The number of hydrogen-bond acceptors (Lipinski definition) is 4.